The third kappa shape index (κ3) is 9.40. The van der Waals surface area contributed by atoms with Gasteiger partial charge in [0.25, 0.3) is 0 Å². The fourth-order valence-corrected chi connectivity index (χ4v) is 3.16. The van der Waals surface area contributed by atoms with Crippen LogP contribution in [0.1, 0.15) is 5.56 Å². The van der Waals surface area contributed by atoms with Gasteiger partial charge in [-0.15, -0.1) is 0 Å². The fourth-order valence-electron chi connectivity index (χ4n) is 3.16. The number of hydrogen-bond acceptors (Lipinski definition) is 7. The van der Waals surface area contributed by atoms with E-state index in [9.17, 15) is 9.90 Å². The summed E-state index contributed by atoms with van der Waals surface area (Å²) in [7, 11) is 0. The molecule has 1 unspecified atom stereocenters. The van der Waals surface area contributed by atoms with Crippen LogP contribution in [0, 0.1) is 0 Å². The maximum Gasteiger partial charge on any atom is 0.407 e. The standard InChI is InChI=1S/C25H33N3O6/c29-21(19-33-24-8-4-7-23-22(24)9-10-27-23)17-26-11-13-31-15-16-32-14-12-28-25(30)34-18-20-5-2-1-3-6-20/h1-10,21,26-27,29H,11-19H2,(H,28,30). The van der Waals surface area contributed by atoms with Gasteiger partial charge in [0.05, 0.1) is 26.4 Å². The summed E-state index contributed by atoms with van der Waals surface area (Å²) >= 11 is 0. The Bertz CT molecular complexity index is 965. The molecule has 3 aromatic rings. The van der Waals surface area contributed by atoms with Crippen LogP contribution in [0.25, 0.3) is 10.9 Å². The number of aliphatic hydroxyl groups excluding tert-OH is 1. The molecule has 0 saturated heterocycles. The largest absolute Gasteiger partial charge is 0.490 e. The Balaban J connectivity index is 1.10. The van der Waals surface area contributed by atoms with Crippen molar-refractivity contribution in [2.75, 3.05) is 52.7 Å². The Morgan fingerprint density at radius 3 is 2.56 bits per heavy atom. The summed E-state index contributed by atoms with van der Waals surface area (Å²) in [4.78, 5) is 14.7. The number of H-pyrrole nitrogens is 1. The van der Waals surface area contributed by atoms with Gasteiger partial charge >= 0.3 is 6.09 Å². The number of aromatic amines is 1. The Hall–Kier alpha value is -3.11. The smallest absolute Gasteiger partial charge is 0.407 e. The third-order valence-corrected chi connectivity index (χ3v) is 4.89. The van der Waals surface area contributed by atoms with Gasteiger partial charge in [0, 0.05) is 36.7 Å². The molecule has 0 radical (unpaired) electrons. The summed E-state index contributed by atoms with van der Waals surface area (Å²) in [5, 5.41) is 16.9. The number of alkyl carbamates (subject to hydrolysis) is 1. The van der Waals surface area contributed by atoms with E-state index < -0.39 is 12.2 Å². The molecule has 0 aliphatic carbocycles. The first-order chi connectivity index (χ1) is 16.7. The minimum atomic E-state index is -0.621. The summed E-state index contributed by atoms with van der Waals surface area (Å²) in [6, 6.07) is 17.2. The maximum atomic E-state index is 11.6. The van der Waals surface area contributed by atoms with E-state index in [4.69, 9.17) is 18.9 Å². The van der Waals surface area contributed by atoms with E-state index in [2.05, 4.69) is 15.6 Å². The van der Waals surface area contributed by atoms with Gasteiger partial charge < -0.3 is 39.7 Å². The van der Waals surface area contributed by atoms with Crippen LogP contribution in [-0.4, -0.2) is 75.0 Å². The number of nitrogens with one attached hydrogen (secondary N) is 3. The number of carbonyl (C=O) groups is 1. The second-order valence-electron chi connectivity index (χ2n) is 7.58. The Morgan fingerprint density at radius 2 is 1.74 bits per heavy atom. The van der Waals surface area contributed by atoms with Crippen molar-refractivity contribution >= 4 is 17.0 Å². The molecule has 0 spiro atoms. The number of hydrogen-bond donors (Lipinski definition) is 4. The van der Waals surface area contributed by atoms with Crippen LogP contribution in [0.3, 0.4) is 0 Å². The molecule has 0 aliphatic rings. The van der Waals surface area contributed by atoms with Crippen LogP contribution in [0.15, 0.2) is 60.8 Å². The molecule has 9 nitrogen and oxygen atoms in total. The summed E-state index contributed by atoms with van der Waals surface area (Å²) in [6.45, 7) is 3.61. The zero-order valence-corrected chi connectivity index (χ0v) is 19.2. The SMILES string of the molecule is O=C(NCCOCCOCCNCC(O)COc1cccc2[nH]ccc12)OCc1ccccc1. The normalized spacial score (nSPS) is 11.9. The predicted molar refractivity (Wildman–Crippen MR) is 129 cm³/mol. The second-order valence-corrected chi connectivity index (χ2v) is 7.58. The molecule has 0 saturated carbocycles. The first-order valence-corrected chi connectivity index (χ1v) is 11.4. The van der Waals surface area contributed by atoms with Crippen LogP contribution >= 0.6 is 0 Å². The van der Waals surface area contributed by atoms with Crippen molar-refractivity contribution in [1.29, 1.82) is 0 Å². The van der Waals surface area contributed by atoms with E-state index in [1.54, 1.807) is 0 Å². The van der Waals surface area contributed by atoms with Gasteiger partial charge in [-0.1, -0.05) is 36.4 Å². The number of aromatic nitrogens is 1. The van der Waals surface area contributed by atoms with Crippen molar-refractivity contribution < 1.29 is 28.8 Å². The van der Waals surface area contributed by atoms with Crippen LogP contribution < -0.4 is 15.4 Å². The maximum absolute atomic E-state index is 11.6. The molecule has 3 rings (SSSR count). The Morgan fingerprint density at radius 1 is 0.941 bits per heavy atom. The molecular formula is C25H33N3O6. The van der Waals surface area contributed by atoms with Gasteiger partial charge in [-0.2, -0.15) is 0 Å². The molecule has 0 fully saturated rings. The first-order valence-electron chi connectivity index (χ1n) is 11.4. The van der Waals surface area contributed by atoms with Gasteiger partial charge in [0.2, 0.25) is 0 Å². The third-order valence-electron chi connectivity index (χ3n) is 4.89. The van der Waals surface area contributed by atoms with Crippen LogP contribution in [0.4, 0.5) is 4.79 Å². The number of fused-ring (bicyclic) bond motifs is 1. The Kier molecular flexibility index (Phi) is 11.2. The molecule has 0 aliphatic heterocycles. The molecule has 2 aromatic carbocycles. The van der Waals surface area contributed by atoms with Gasteiger partial charge in [-0.05, 0) is 23.8 Å². The van der Waals surface area contributed by atoms with Crippen LogP contribution in [0.5, 0.6) is 5.75 Å². The van der Waals surface area contributed by atoms with Crippen LogP contribution in [0.2, 0.25) is 0 Å². The lowest BCUT2D eigenvalue weighted by molar-refractivity contribution is 0.0475. The lowest BCUT2D eigenvalue weighted by Crippen LogP contribution is -2.33. The average molecular weight is 472 g/mol. The molecule has 1 amide bonds. The number of benzene rings is 2. The summed E-state index contributed by atoms with van der Waals surface area (Å²) in [6.07, 6.45) is 0.773. The monoisotopic (exact) mass is 471 g/mol. The number of amides is 1. The number of aliphatic hydroxyl groups is 1. The molecule has 184 valence electrons. The van der Waals surface area contributed by atoms with Crippen molar-refractivity contribution in [1.82, 2.24) is 15.6 Å². The van der Waals surface area contributed by atoms with Crippen molar-refractivity contribution in [3.8, 4) is 5.75 Å². The van der Waals surface area contributed by atoms with Crippen molar-refractivity contribution in [3.05, 3.63) is 66.4 Å². The topological polar surface area (TPSA) is 114 Å². The van der Waals surface area contributed by atoms with Gasteiger partial charge in [-0.25, -0.2) is 4.79 Å². The van der Waals surface area contributed by atoms with E-state index in [1.165, 1.54) is 0 Å². The lowest BCUT2D eigenvalue weighted by atomic mass is 10.2. The highest BCUT2D eigenvalue weighted by molar-refractivity contribution is 5.85. The molecule has 34 heavy (non-hydrogen) atoms. The van der Waals surface area contributed by atoms with Crippen molar-refractivity contribution in [3.63, 3.8) is 0 Å². The van der Waals surface area contributed by atoms with Crippen LogP contribution in [-0.2, 0) is 20.8 Å². The van der Waals surface area contributed by atoms with Gasteiger partial charge in [0.1, 0.15) is 25.1 Å². The summed E-state index contributed by atoms with van der Waals surface area (Å²) in [5.74, 6) is 0.750. The predicted octanol–water partition coefficient (Wildman–Crippen LogP) is 2.46. The van der Waals surface area contributed by atoms with E-state index in [-0.39, 0.29) is 13.2 Å². The van der Waals surface area contributed by atoms with Crippen molar-refractivity contribution in [2.45, 2.75) is 12.7 Å². The molecule has 0 bridgehead atoms. The lowest BCUT2D eigenvalue weighted by Gasteiger charge is -2.14. The number of carbonyl (C=O) groups excluding carboxylic acids is 1. The highest BCUT2D eigenvalue weighted by Gasteiger charge is 2.07. The zero-order valence-electron chi connectivity index (χ0n) is 19.2. The van der Waals surface area contributed by atoms with E-state index >= 15 is 0 Å². The quantitative estimate of drug-likeness (QED) is 0.237. The average Bonchev–Trinajstić information content (AvgIpc) is 3.35. The molecule has 4 N–H and O–H groups in total. The zero-order chi connectivity index (χ0) is 23.8. The van der Waals surface area contributed by atoms with E-state index in [1.807, 2.05) is 60.8 Å². The highest BCUT2D eigenvalue weighted by atomic mass is 16.5. The van der Waals surface area contributed by atoms with E-state index in [0.29, 0.717) is 46.1 Å². The number of ether oxygens (including phenoxy) is 4. The summed E-state index contributed by atoms with van der Waals surface area (Å²) in [5.41, 5.74) is 1.94. The second kappa shape index (κ2) is 14.9. The minimum Gasteiger partial charge on any atom is -0.490 e. The minimum absolute atomic E-state index is 0.208. The van der Waals surface area contributed by atoms with Gasteiger partial charge in [-0.3, -0.25) is 0 Å². The van der Waals surface area contributed by atoms with Crippen molar-refractivity contribution in [2.24, 2.45) is 0 Å². The van der Waals surface area contributed by atoms with Gasteiger partial charge in [0.15, 0.2) is 0 Å². The highest BCUT2D eigenvalue weighted by Crippen LogP contribution is 2.24. The molecule has 1 heterocycles. The van der Waals surface area contributed by atoms with E-state index in [0.717, 1.165) is 22.2 Å². The number of rotatable bonds is 16. The molecule has 1 atom stereocenters. The Labute approximate surface area is 199 Å². The summed E-state index contributed by atoms with van der Waals surface area (Å²) < 4.78 is 21.8. The molecular weight excluding hydrogens is 438 g/mol. The molecule has 9 heteroatoms. The molecule has 1 aromatic heterocycles. The first kappa shape index (κ1) is 25.5. The fraction of sp³-hybridized carbons (Fsp3) is 0.400.